The molecule has 166 valence electrons. The molecule has 0 unspecified atom stereocenters. The van der Waals surface area contributed by atoms with E-state index in [-0.39, 0.29) is 28.9 Å². The van der Waals surface area contributed by atoms with Crippen molar-refractivity contribution in [1.82, 2.24) is 20.1 Å². The number of benzene rings is 2. The molecule has 2 aromatic heterocycles. The highest BCUT2D eigenvalue weighted by molar-refractivity contribution is 6.04. The average molecular weight is 442 g/mol. The first-order valence-corrected chi connectivity index (χ1v) is 11.0. The van der Waals surface area contributed by atoms with Crippen molar-refractivity contribution in [3.63, 3.8) is 0 Å². The summed E-state index contributed by atoms with van der Waals surface area (Å²) in [5.74, 6) is -0.385. The maximum Gasteiger partial charge on any atom is 0.274 e. The lowest BCUT2D eigenvalue weighted by molar-refractivity contribution is 0.0701. The molecular formula is C26H23FN4O2. The topological polar surface area (TPSA) is 79.0 Å². The first-order valence-electron chi connectivity index (χ1n) is 11.0. The van der Waals surface area contributed by atoms with Crippen LogP contribution in [0.4, 0.5) is 4.39 Å². The molecule has 0 saturated carbocycles. The van der Waals surface area contributed by atoms with Gasteiger partial charge in [0.15, 0.2) is 5.69 Å². The van der Waals surface area contributed by atoms with Gasteiger partial charge in [-0.05, 0) is 61.2 Å². The zero-order valence-corrected chi connectivity index (χ0v) is 18.2. The molecule has 1 saturated heterocycles. The van der Waals surface area contributed by atoms with Crippen LogP contribution in [-0.4, -0.2) is 39.1 Å². The van der Waals surface area contributed by atoms with E-state index in [4.69, 9.17) is 4.98 Å². The van der Waals surface area contributed by atoms with Gasteiger partial charge in [-0.25, -0.2) is 9.49 Å². The maximum atomic E-state index is 13.4. The quantitative estimate of drug-likeness (QED) is 0.508. The van der Waals surface area contributed by atoms with Crippen LogP contribution in [0, 0.1) is 12.7 Å². The average Bonchev–Trinajstić information content (AvgIpc) is 2.84. The second kappa shape index (κ2) is 8.58. The second-order valence-corrected chi connectivity index (χ2v) is 8.47. The Morgan fingerprint density at radius 2 is 1.82 bits per heavy atom. The predicted octanol–water partition coefficient (Wildman–Crippen LogP) is 4.45. The summed E-state index contributed by atoms with van der Waals surface area (Å²) in [7, 11) is 0. The van der Waals surface area contributed by atoms with E-state index in [2.05, 4.69) is 10.2 Å². The molecule has 0 aliphatic carbocycles. The van der Waals surface area contributed by atoms with Crippen molar-refractivity contribution in [2.75, 3.05) is 13.1 Å². The van der Waals surface area contributed by atoms with Crippen LogP contribution in [0.15, 0.2) is 65.5 Å². The van der Waals surface area contributed by atoms with Crippen LogP contribution >= 0.6 is 0 Å². The molecule has 3 heterocycles. The normalized spacial score (nSPS) is 16.2. The third-order valence-electron chi connectivity index (χ3n) is 6.18. The van der Waals surface area contributed by atoms with Gasteiger partial charge >= 0.3 is 0 Å². The number of likely N-dealkylation sites (tertiary alicyclic amines) is 1. The number of H-pyrrole nitrogens is 1. The summed E-state index contributed by atoms with van der Waals surface area (Å²) in [6, 6.07) is 17.5. The van der Waals surface area contributed by atoms with Gasteiger partial charge < -0.3 is 4.90 Å². The summed E-state index contributed by atoms with van der Waals surface area (Å²) in [6.45, 7) is 3.09. The van der Waals surface area contributed by atoms with Crippen molar-refractivity contribution in [2.24, 2.45) is 0 Å². The zero-order valence-electron chi connectivity index (χ0n) is 18.2. The van der Waals surface area contributed by atoms with Crippen LogP contribution in [0.5, 0.6) is 0 Å². The Balaban J connectivity index is 1.44. The smallest absolute Gasteiger partial charge is 0.274 e. The number of piperidine rings is 1. The number of rotatable bonds is 3. The monoisotopic (exact) mass is 442 g/mol. The van der Waals surface area contributed by atoms with Gasteiger partial charge in [-0.3, -0.25) is 14.6 Å². The third-order valence-corrected chi connectivity index (χ3v) is 6.18. The Hall–Kier alpha value is -3.87. The molecule has 1 N–H and O–H groups in total. The Labute approximate surface area is 190 Å². The van der Waals surface area contributed by atoms with E-state index in [1.807, 2.05) is 19.1 Å². The Morgan fingerprint density at radius 3 is 2.61 bits per heavy atom. The Morgan fingerprint density at radius 1 is 1.06 bits per heavy atom. The van der Waals surface area contributed by atoms with Gasteiger partial charge in [0.05, 0.1) is 5.39 Å². The van der Waals surface area contributed by atoms with E-state index in [0.717, 1.165) is 35.4 Å². The summed E-state index contributed by atoms with van der Waals surface area (Å²) in [5, 5.41) is 7.54. The fourth-order valence-corrected chi connectivity index (χ4v) is 4.54. The van der Waals surface area contributed by atoms with Crippen LogP contribution in [0.1, 0.15) is 40.6 Å². The van der Waals surface area contributed by atoms with Crippen LogP contribution < -0.4 is 5.56 Å². The molecule has 1 aliphatic rings. The molecule has 1 atom stereocenters. The largest absolute Gasteiger partial charge is 0.337 e. The molecule has 7 heteroatoms. The minimum Gasteiger partial charge on any atom is -0.337 e. The Bertz CT molecular complexity index is 1400. The minimum absolute atomic E-state index is 0.0795. The number of amides is 1. The number of carbonyl (C=O) groups excluding carboxylic acids is 1. The summed E-state index contributed by atoms with van der Waals surface area (Å²) in [5.41, 5.74) is 3.66. The van der Waals surface area contributed by atoms with Gasteiger partial charge in [0.2, 0.25) is 0 Å². The molecule has 1 amide bonds. The molecular weight excluding hydrogens is 419 g/mol. The number of nitrogens with one attached hydrogen (secondary N) is 1. The lowest BCUT2D eigenvalue weighted by atomic mass is 9.92. The SMILES string of the molecule is Cc1cc(-c2ccc(F)cc2)cc([C@H]2CCCN(C(=O)c3n[nH]c(=O)c4ccccc34)C2)n1. The minimum atomic E-state index is -0.309. The number of nitrogens with zero attached hydrogens (tertiary/aromatic N) is 3. The van der Waals surface area contributed by atoms with Gasteiger partial charge in [0.25, 0.3) is 11.5 Å². The van der Waals surface area contributed by atoms with Gasteiger partial charge in [-0.1, -0.05) is 30.3 Å². The molecule has 5 rings (SSSR count). The number of hydrogen-bond donors (Lipinski definition) is 1. The highest BCUT2D eigenvalue weighted by Gasteiger charge is 2.28. The van der Waals surface area contributed by atoms with E-state index in [9.17, 15) is 14.0 Å². The van der Waals surface area contributed by atoms with E-state index in [1.54, 1.807) is 41.3 Å². The van der Waals surface area contributed by atoms with Crippen molar-refractivity contribution in [2.45, 2.75) is 25.7 Å². The van der Waals surface area contributed by atoms with Crippen molar-refractivity contribution >= 4 is 16.7 Å². The molecule has 33 heavy (non-hydrogen) atoms. The van der Waals surface area contributed by atoms with Crippen molar-refractivity contribution in [3.8, 4) is 11.1 Å². The second-order valence-electron chi connectivity index (χ2n) is 8.47. The van der Waals surface area contributed by atoms with E-state index in [0.29, 0.717) is 23.9 Å². The lowest BCUT2D eigenvalue weighted by Gasteiger charge is -2.32. The molecule has 6 nitrogen and oxygen atoms in total. The van der Waals surface area contributed by atoms with Gasteiger partial charge in [-0.15, -0.1) is 0 Å². The van der Waals surface area contributed by atoms with Crippen LogP contribution in [0.25, 0.3) is 21.9 Å². The van der Waals surface area contributed by atoms with Crippen LogP contribution in [0.2, 0.25) is 0 Å². The number of carbonyl (C=O) groups is 1. The fraction of sp³-hybridized carbons (Fsp3) is 0.231. The number of aryl methyl sites for hydroxylation is 1. The molecule has 1 aliphatic heterocycles. The highest BCUT2D eigenvalue weighted by atomic mass is 19.1. The molecule has 2 aromatic carbocycles. The Kier molecular flexibility index (Phi) is 5.46. The molecule has 0 spiro atoms. The first-order chi connectivity index (χ1) is 16.0. The summed E-state index contributed by atoms with van der Waals surface area (Å²) < 4.78 is 13.4. The standard InChI is InChI=1S/C26H23FN4O2/c1-16-13-19(17-8-10-20(27)11-9-17)14-23(28-16)18-5-4-12-31(15-18)26(33)24-21-6-2-3-7-22(21)25(32)30-29-24/h2-3,6-11,13-14,18H,4-5,12,15H2,1H3,(H,30,32)/t18-/m0/s1. The van der Waals surface area contributed by atoms with E-state index < -0.39 is 0 Å². The van der Waals surface area contributed by atoms with Crippen molar-refractivity contribution < 1.29 is 9.18 Å². The number of pyridine rings is 1. The fourth-order valence-electron chi connectivity index (χ4n) is 4.54. The van der Waals surface area contributed by atoms with Crippen LogP contribution in [0.3, 0.4) is 0 Å². The molecule has 0 bridgehead atoms. The van der Waals surface area contributed by atoms with Gasteiger partial charge in [-0.2, -0.15) is 5.10 Å². The highest BCUT2D eigenvalue weighted by Crippen LogP contribution is 2.30. The molecule has 1 fully saturated rings. The van der Waals surface area contributed by atoms with Crippen molar-refractivity contribution in [3.05, 3.63) is 93.9 Å². The van der Waals surface area contributed by atoms with E-state index in [1.165, 1.54) is 12.1 Å². The number of hydrogen-bond acceptors (Lipinski definition) is 4. The van der Waals surface area contributed by atoms with Crippen molar-refractivity contribution in [1.29, 1.82) is 0 Å². The number of fused-ring (bicyclic) bond motifs is 1. The predicted molar refractivity (Wildman–Crippen MR) is 125 cm³/mol. The number of halogens is 1. The number of aromatic amines is 1. The molecule has 0 radical (unpaired) electrons. The summed E-state index contributed by atoms with van der Waals surface area (Å²) in [4.78, 5) is 32.0. The summed E-state index contributed by atoms with van der Waals surface area (Å²) >= 11 is 0. The number of aromatic nitrogens is 3. The third kappa shape index (κ3) is 4.14. The maximum absolute atomic E-state index is 13.4. The summed E-state index contributed by atoms with van der Waals surface area (Å²) in [6.07, 6.45) is 1.77. The first kappa shape index (κ1) is 21.0. The van der Waals surface area contributed by atoms with E-state index >= 15 is 0 Å². The van der Waals surface area contributed by atoms with Crippen LogP contribution in [-0.2, 0) is 0 Å². The van der Waals surface area contributed by atoms with Gasteiger partial charge in [0.1, 0.15) is 5.82 Å². The zero-order chi connectivity index (χ0) is 22.9. The lowest BCUT2D eigenvalue weighted by Crippen LogP contribution is -2.40. The molecule has 4 aromatic rings. The van der Waals surface area contributed by atoms with Gasteiger partial charge in [0, 0.05) is 35.8 Å².